The molecule has 0 bridgehead atoms. The standard InChI is InChI=1S/C31H31F2N3O/c1-35(31(26-8-12-28(32)13-9-26)27-10-14-29(33)15-11-27)30(37)21-24-16-19-36(20-17-24)18-2-3-23-4-6-25(22-34)7-5-23/h2-15,24,31H,16-21H2,1H3/b3-2+. The second kappa shape index (κ2) is 12.4. The Morgan fingerprint density at radius 2 is 1.51 bits per heavy atom. The van der Waals surface area contributed by atoms with Crippen LogP contribution in [0.4, 0.5) is 8.78 Å². The third-order valence-corrected chi connectivity index (χ3v) is 7.04. The SMILES string of the molecule is CN(C(=O)CC1CCN(C/C=C/c2ccc(C#N)cc2)CC1)C(c1ccc(F)cc1)c1ccc(F)cc1. The molecule has 1 amide bonds. The summed E-state index contributed by atoms with van der Waals surface area (Å²) in [6.07, 6.45) is 6.54. The molecule has 0 unspecified atom stereocenters. The summed E-state index contributed by atoms with van der Waals surface area (Å²) in [4.78, 5) is 17.4. The molecule has 0 radical (unpaired) electrons. The van der Waals surface area contributed by atoms with E-state index in [-0.39, 0.29) is 17.5 Å². The van der Waals surface area contributed by atoms with Crippen molar-refractivity contribution in [2.75, 3.05) is 26.7 Å². The summed E-state index contributed by atoms with van der Waals surface area (Å²) in [7, 11) is 1.77. The molecule has 0 N–H and O–H groups in total. The lowest BCUT2D eigenvalue weighted by atomic mass is 9.91. The van der Waals surface area contributed by atoms with E-state index in [1.165, 1.54) is 24.3 Å². The van der Waals surface area contributed by atoms with Crippen molar-refractivity contribution in [1.82, 2.24) is 9.80 Å². The first-order valence-corrected chi connectivity index (χ1v) is 12.6. The number of halogens is 2. The Morgan fingerprint density at radius 1 is 0.973 bits per heavy atom. The summed E-state index contributed by atoms with van der Waals surface area (Å²) in [5, 5.41) is 8.91. The van der Waals surface area contributed by atoms with Crippen molar-refractivity contribution in [3.63, 3.8) is 0 Å². The molecule has 1 heterocycles. The van der Waals surface area contributed by atoms with E-state index < -0.39 is 6.04 Å². The number of benzene rings is 3. The lowest BCUT2D eigenvalue weighted by molar-refractivity contribution is -0.132. The van der Waals surface area contributed by atoms with Gasteiger partial charge >= 0.3 is 0 Å². The van der Waals surface area contributed by atoms with Gasteiger partial charge in [0.15, 0.2) is 0 Å². The van der Waals surface area contributed by atoms with Gasteiger partial charge in [-0.3, -0.25) is 9.69 Å². The summed E-state index contributed by atoms with van der Waals surface area (Å²) in [6.45, 7) is 2.70. The fourth-order valence-electron chi connectivity index (χ4n) is 4.84. The van der Waals surface area contributed by atoms with Gasteiger partial charge < -0.3 is 4.90 Å². The molecular formula is C31H31F2N3O. The van der Waals surface area contributed by atoms with Crippen LogP contribution in [0, 0.1) is 28.9 Å². The van der Waals surface area contributed by atoms with Crippen LogP contribution in [0.25, 0.3) is 6.08 Å². The molecule has 1 aliphatic heterocycles. The summed E-state index contributed by atoms with van der Waals surface area (Å²) in [6, 6.07) is 21.5. The zero-order valence-electron chi connectivity index (χ0n) is 21.0. The average molecular weight is 500 g/mol. The largest absolute Gasteiger partial charge is 0.335 e. The maximum atomic E-state index is 13.5. The first kappa shape index (κ1) is 26.2. The average Bonchev–Trinajstić information content (AvgIpc) is 2.92. The predicted molar refractivity (Wildman–Crippen MR) is 141 cm³/mol. The Hall–Kier alpha value is -3.82. The molecular weight excluding hydrogens is 468 g/mol. The van der Waals surface area contributed by atoms with Gasteiger partial charge in [0.25, 0.3) is 0 Å². The molecule has 3 aromatic rings. The Kier molecular flexibility index (Phi) is 8.81. The van der Waals surface area contributed by atoms with Gasteiger partial charge in [-0.05, 0) is 84.9 Å². The van der Waals surface area contributed by atoms with Crippen LogP contribution in [0.2, 0.25) is 0 Å². The Labute approximate surface area is 217 Å². The number of hydrogen-bond donors (Lipinski definition) is 0. The van der Waals surface area contributed by atoms with Gasteiger partial charge in [-0.25, -0.2) is 8.78 Å². The highest BCUT2D eigenvalue weighted by Gasteiger charge is 2.27. The molecule has 0 saturated carbocycles. The van der Waals surface area contributed by atoms with Crippen LogP contribution in [0.5, 0.6) is 0 Å². The van der Waals surface area contributed by atoms with E-state index >= 15 is 0 Å². The minimum absolute atomic E-state index is 0.0258. The van der Waals surface area contributed by atoms with E-state index in [2.05, 4.69) is 23.1 Å². The quantitative estimate of drug-likeness (QED) is 0.371. The number of amides is 1. The van der Waals surface area contributed by atoms with Crippen LogP contribution in [0.1, 0.15) is 47.6 Å². The predicted octanol–water partition coefficient (Wildman–Crippen LogP) is 6.20. The van der Waals surface area contributed by atoms with Crippen LogP contribution >= 0.6 is 0 Å². The monoisotopic (exact) mass is 499 g/mol. The summed E-state index contributed by atoms with van der Waals surface area (Å²) < 4.78 is 27.1. The fraction of sp³-hybridized carbons (Fsp3) is 0.290. The molecule has 0 aliphatic carbocycles. The third-order valence-electron chi connectivity index (χ3n) is 7.04. The number of hydrogen-bond acceptors (Lipinski definition) is 3. The number of nitrogens with zero attached hydrogens (tertiary/aromatic N) is 3. The van der Waals surface area contributed by atoms with Gasteiger partial charge in [0.1, 0.15) is 11.6 Å². The van der Waals surface area contributed by atoms with E-state index in [1.54, 1.807) is 36.2 Å². The molecule has 4 nitrogen and oxygen atoms in total. The molecule has 37 heavy (non-hydrogen) atoms. The zero-order valence-corrected chi connectivity index (χ0v) is 21.0. The van der Waals surface area contributed by atoms with E-state index in [9.17, 15) is 13.6 Å². The zero-order chi connectivity index (χ0) is 26.2. The molecule has 0 spiro atoms. The smallest absolute Gasteiger partial charge is 0.223 e. The summed E-state index contributed by atoms with van der Waals surface area (Å²) >= 11 is 0. The Morgan fingerprint density at radius 3 is 2.03 bits per heavy atom. The normalized spacial score (nSPS) is 14.7. The van der Waals surface area contributed by atoms with Crippen molar-refractivity contribution in [1.29, 1.82) is 5.26 Å². The van der Waals surface area contributed by atoms with Gasteiger partial charge in [0.05, 0.1) is 17.7 Å². The molecule has 3 aromatic carbocycles. The number of rotatable bonds is 8. The van der Waals surface area contributed by atoms with Crippen molar-refractivity contribution >= 4 is 12.0 Å². The van der Waals surface area contributed by atoms with Gasteiger partial charge in [0, 0.05) is 20.0 Å². The number of carbonyl (C=O) groups excluding carboxylic acids is 1. The first-order valence-electron chi connectivity index (χ1n) is 12.6. The van der Waals surface area contributed by atoms with E-state index in [0.29, 0.717) is 17.9 Å². The first-order chi connectivity index (χ1) is 17.9. The number of likely N-dealkylation sites (tertiary alicyclic amines) is 1. The highest BCUT2D eigenvalue weighted by atomic mass is 19.1. The highest BCUT2D eigenvalue weighted by Crippen LogP contribution is 2.30. The minimum Gasteiger partial charge on any atom is -0.335 e. The lowest BCUT2D eigenvalue weighted by Gasteiger charge is -2.34. The molecule has 1 fully saturated rings. The molecule has 1 saturated heterocycles. The van der Waals surface area contributed by atoms with Gasteiger partial charge in [-0.2, -0.15) is 5.26 Å². The highest BCUT2D eigenvalue weighted by molar-refractivity contribution is 5.77. The van der Waals surface area contributed by atoms with Crippen molar-refractivity contribution in [3.05, 3.63) is 113 Å². The van der Waals surface area contributed by atoms with E-state index in [1.807, 2.05) is 24.3 Å². The molecule has 4 rings (SSSR count). The topological polar surface area (TPSA) is 47.3 Å². The molecule has 0 aromatic heterocycles. The van der Waals surface area contributed by atoms with E-state index in [0.717, 1.165) is 49.2 Å². The Balaban J connectivity index is 1.32. The number of piperidine rings is 1. The van der Waals surface area contributed by atoms with Crippen molar-refractivity contribution in [3.8, 4) is 6.07 Å². The molecule has 0 atom stereocenters. The minimum atomic E-state index is -0.416. The summed E-state index contributed by atoms with van der Waals surface area (Å²) in [5.41, 5.74) is 3.29. The van der Waals surface area contributed by atoms with Crippen molar-refractivity contribution in [2.45, 2.75) is 25.3 Å². The second-order valence-electron chi connectivity index (χ2n) is 9.59. The fourth-order valence-corrected chi connectivity index (χ4v) is 4.84. The lowest BCUT2D eigenvalue weighted by Crippen LogP contribution is -2.37. The maximum Gasteiger partial charge on any atom is 0.223 e. The number of carbonyl (C=O) groups is 1. The maximum absolute atomic E-state index is 13.5. The third kappa shape index (κ3) is 7.12. The van der Waals surface area contributed by atoms with Crippen LogP contribution in [-0.4, -0.2) is 42.4 Å². The summed E-state index contributed by atoms with van der Waals surface area (Å²) in [5.74, 6) is -0.350. The Bertz CT molecular complexity index is 1190. The van der Waals surface area contributed by atoms with Crippen LogP contribution in [0.15, 0.2) is 78.9 Å². The van der Waals surface area contributed by atoms with E-state index in [4.69, 9.17) is 5.26 Å². The van der Waals surface area contributed by atoms with Gasteiger partial charge in [-0.15, -0.1) is 0 Å². The molecule has 1 aliphatic rings. The van der Waals surface area contributed by atoms with Crippen LogP contribution in [0.3, 0.4) is 0 Å². The van der Waals surface area contributed by atoms with Gasteiger partial charge in [-0.1, -0.05) is 48.6 Å². The second-order valence-corrected chi connectivity index (χ2v) is 9.59. The number of nitriles is 1. The van der Waals surface area contributed by atoms with Crippen LogP contribution in [-0.2, 0) is 4.79 Å². The van der Waals surface area contributed by atoms with Crippen molar-refractivity contribution < 1.29 is 13.6 Å². The van der Waals surface area contributed by atoms with Gasteiger partial charge in [0.2, 0.25) is 5.91 Å². The van der Waals surface area contributed by atoms with Crippen molar-refractivity contribution in [2.24, 2.45) is 5.92 Å². The molecule has 6 heteroatoms. The van der Waals surface area contributed by atoms with Crippen LogP contribution < -0.4 is 0 Å². The molecule has 190 valence electrons.